The van der Waals surface area contributed by atoms with Gasteiger partial charge in [-0.3, -0.25) is 19.2 Å². The van der Waals surface area contributed by atoms with Crippen LogP contribution in [0.2, 0.25) is 0 Å². The summed E-state index contributed by atoms with van der Waals surface area (Å²) in [6.07, 6.45) is 0.461. The number of benzene rings is 2. The van der Waals surface area contributed by atoms with Crippen LogP contribution in [0.15, 0.2) is 53.3 Å². The number of nitrogens with zero attached hydrogens (tertiary/aromatic N) is 2. The minimum Gasteiger partial charge on any atom is -0.449 e. The molecule has 0 saturated heterocycles. The maximum Gasteiger partial charge on any atom is 0.411 e. The first-order valence-corrected chi connectivity index (χ1v) is 10.9. The van der Waals surface area contributed by atoms with Gasteiger partial charge in [-0.2, -0.15) is 0 Å². The molecule has 1 heterocycles. The number of anilines is 2. The number of para-hydroxylation sites is 2. The third kappa shape index (κ3) is 5.78. The number of hydrogen-bond donors (Lipinski definition) is 2. The summed E-state index contributed by atoms with van der Waals surface area (Å²) in [5.74, 6) is 0.0265. The van der Waals surface area contributed by atoms with Crippen LogP contribution in [-0.2, 0) is 22.6 Å². The molecule has 1 aromatic heterocycles. The molecule has 0 spiro atoms. The van der Waals surface area contributed by atoms with Gasteiger partial charge in [0.1, 0.15) is 0 Å². The molecule has 0 atom stereocenters. The number of aromatic nitrogens is 2. The predicted molar refractivity (Wildman–Crippen MR) is 126 cm³/mol. The standard InChI is InChI=1S/C24H30N4O4/c1-4-13-27-20-10-5-6-11-21(20)28(24(27)31)14-12-22(29)25-18-8-7-9-19(15-18)26-23(30)32-16-17(2)3/h5-11,15,17H,4,12-14,16H2,1-3H3,(H,25,29)(H,26,30). The summed E-state index contributed by atoms with van der Waals surface area (Å²) in [6, 6.07) is 14.5. The average Bonchev–Trinajstić information content (AvgIpc) is 3.02. The lowest BCUT2D eigenvalue weighted by molar-refractivity contribution is -0.116. The Hall–Kier alpha value is -3.55. The van der Waals surface area contributed by atoms with Crippen LogP contribution in [0.4, 0.5) is 16.2 Å². The molecule has 0 saturated carbocycles. The highest BCUT2D eigenvalue weighted by Gasteiger charge is 2.13. The summed E-state index contributed by atoms with van der Waals surface area (Å²) >= 11 is 0. The SMILES string of the molecule is CCCn1c(=O)n(CCC(=O)Nc2cccc(NC(=O)OCC(C)C)c2)c2ccccc21. The van der Waals surface area contributed by atoms with Crippen molar-refractivity contribution in [3.63, 3.8) is 0 Å². The molecule has 2 amide bonds. The van der Waals surface area contributed by atoms with E-state index >= 15 is 0 Å². The summed E-state index contributed by atoms with van der Waals surface area (Å²) in [5.41, 5.74) is 2.67. The van der Waals surface area contributed by atoms with Crippen molar-refractivity contribution in [3.8, 4) is 0 Å². The lowest BCUT2D eigenvalue weighted by Crippen LogP contribution is -2.26. The van der Waals surface area contributed by atoms with Crippen LogP contribution in [-0.4, -0.2) is 27.7 Å². The van der Waals surface area contributed by atoms with Crippen molar-refractivity contribution >= 4 is 34.4 Å². The van der Waals surface area contributed by atoms with Gasteiger partial charge < -0.3 is 10.1 Å². The molecule has 0 aliphatic rings. The van der Waals surface area contributed by atoms with Crippen LogP contribution in [0.25, 0.3) is 11.0 Å². The Morgan fingerprint density at radius 3 is 2.19 bits per heavy atom. The molecular formula is C24H30N4O4. The Bertz CT molecular complexity index is 1150. The first-order valence-electron chi connectivity index (χ1n) is 10.9. The summed E-state index contributed by atoms with van der Waals surface area (Å²) in [7, 11) is 0. The third-order valence-corrected chi connectivity index (χ3v) is 4.88. The number of fused-ring (bicyclic) bond motifs is 1. The Morgan fingerprint density at radius 1 is 0.938 bits per heavy atom. The van der Waals surface area contributed by atoms with Gasteiger partial charge in [-0.05, 0) is 42.7 Å². The molecular weight excluding hydrogens is 408 g/mol. The minimum absolute atomic E-state index is 0.105. The minimum atomic E-state index is -0.537. The Labute approximate surface area is 187 Å². The Morgan fingerprint density at radius 2 is 1.56 bits per heavy atom. The van der Waals surface area contributed by atoms with Crippen molar-refractivity contribution in [2.24, 2.45) is 5.92 Å². The fourth-order valence-electron chi connectivity index (χ4n) is 3.44. The largest absolute Gasteiger partial charge is 0.449 e. The van der Waals surface area contributed by atoms with Gasteiger partial charge in [-0.1, -0.05) is 39.0 Å². The van der Waals surface area contributed by atoms with Crippen molar-refractivity contribution in [1.29, 1.82) is 0 Å². The Kier molecular flexibility index (Phi) is 7.70. The van der Waals surface area contributed by atoms with E-state index < -0.39 is 6.09 Å². The highest BCUT2D eigenvalue weighted by molar-refractivity contribution is 5.92. The monoisotopic (exact) mass is 438 g/mol. The quantitative estimate of drug-likeness (QED) is 0.516. The zero-order chi connectivity index (χ0) is 23.1. The van der Waals surface area contributed by atoms with Crippen LogP contribution in [0, 0.1) is 5.92 Å². The Balaban J connectivity index is 1.63. The van der Waals surface area contributed by atoms with Gasteiger partial charge >= 0.3 is 11.8 Å². The first-order chi connectivity index (χ1) is 15.4. The topological polar surface area (TPSA) is 94.4 Å². The molecule has 0 fully saturated rings. The second-order valence-corrected chi connectivity index (χ2v) is 8.07. The van der Waals surface area contributed by atoms with Crippen LogP contribution in [0.1, 0.15) is 33.6 Å². The molecule has 8 nitrogen and oxygen atoms in total. The van der Waals surface area contributed by atoms with E-state index in [0.29, 0.717) is 24.5 Å². The van der Waals surface area contributed by atoms with Crippen molar-refractivity contribution in [2.45, 2.75) is 46.7 Å². The van der Waals surface area contributed by atoms with E-state index in [4.69, 9.17) is 4.74 Å². The second kappa shape index (κ2) is 10.7. The van der Waals surface area contributed by atoms with Gasteiger partial charge in [0.25, 0.3) is 0 Å². The predicted octanol–water partition coefficient (Wildman–Crippen LogP) is 4.45. The maximum atomic E-state index is 12.8. The number of carbonyl (C=O) groups excluding carboxylic acids is 2. The zero-order valence-electron chi connectivity index (χ0n) is 18.8. The number of carbonyl (C=O) groups is 2. The highest BCUT2D eigenvalue weighted by Crippen LogP contribution is 2.17. The molecule has 0 aliphatic heterocycles. The van der Waals surface area contributed by atoms with Gasteiger partial charge in [0.15, 0.2) is 0 Å². The number of ether oxygens (including phenoxy) is 1. The number of aryl methyl sites for hydroxylation is 2. The molecule has 8 heteroatoms. The van der Waals surface area contributed by atoms with E-state index in [9.17, 15) is 14.4 Å². The van der Waals surface area contributed by atoms with Crippen molar-refractivity contribution in [1.82, 2.24) is 9.13 Å². The number of hydrogen-bond acceptors (Lipinski definition) is 4. The normalized spacial score (nSPS) is 11.0. The van der Waals surface area contributed by atoms with Crippen molar-refractivity contribution in [3.05, 3.63) is 59.0 Å². The molecule has 2 aromatic carbocycles. The maximum absolute atomic E-state index is 12.8. The highest BCUT2D eigenvalue weighted by atomic mass is 16.5. The molecule has 32 heavy (non-hydrogen) atoms. The van der Waals surface area contributed by atoms with Gasteiger partial charge in [-0.25, -0.2) is 9.59 Å². The van der Waals surface area contributed by atoms with Gasteiger partial charge in [0.2, 0.25) is 5.91 Å². The van der Waals surface area contributed by atoms with Gasteiger partial charge in [-0.15, -0.1) is 0 Å². The van der Waals surface area contributed by atoms with Crippen LogP contribution < -0.4 is 16.3 Å². The van der Waals surface area contributed by atoms with E-state index in [-0.39, 0.29) is 30.5 Å². The van der Waals surface area contributed by atoms with E-state index in [1.54, 1.807) is 33.4 Å². The summed E-state index contributed by atoms with van der Waals surface area (Å²) in [5, 5.41) is 5.47. The fraction of sp³-hybridized carbons (Fsp3) is 0.375. The van der Waals surface area contributed by atoms with E-state index in [2.05, 4.69) is 10.6 Å². The van der Waals surface area contributed by atoms with Crippen molar-refractivity contribution in [2.75, 3.05) is 17.2 Å². The molecule has 3 aromatic rings. The summed E-state index contributed by atoms with van der Waals surface area (Å²) < 4.78 is 8.51. The number of imidazole rings is 1. The van der Waals surface area contributed by atoms with Crippen LogP contribution >= 0.6 is 0 Å². The summed E-state index contributed by atoms with van der Waals surface area (Å²) in [4.78, 5) is 37.2. The molecule has 170 valence electrons. The lowest BCUT2D eigenvalue weighted by atomic mass is 10.2. The summed E-state index contributed by atoms with van der Waals surface area (Å²) in [6.45, 7) is 7.19. The fourth-order valence-corrected chi connectivity index (χ4v) is 3.44. The molecule has 2 N–H and O–H groups in total. The number of amides is 2. The number of rotatable bonds is 9. The molecule has 0 unspecified atom stereocenters. The molecule has 0 radical (unpaired) electrons. The molecule has 0 bridgehead atoms. The lowest BCUT2D eigenvalue weighted by Gasteiger charge is -2.10. The van der Waals surface area contributed by atoms with E-state index in [1.165, 1.54) is 0 Å². The zero-order valence-corrected chi connectivity index (χ0v) is 18.8. The van der Waals surface area contributed by atoms with E-state index in [1.807, 2.05) is 45.0 Å². The second-order valence-electron chi connectivity index (χ2n) is 8.07. The van der Waals surface area contributed by atoms with E-state index in [0.717, 1.165) is 17.5 Å². The van der Waals surface area contributed by atoms with Crippen LogP contribution in [0.3, 0.4) is 0 Å². The van der Waals surface area contributed by atoms with Crippen molar-refractivity contribution < 1.29 is 14.3 Å². The number of nitrogens with one attached hydrogen (secondary N) is 2. The smallest absolute Gasteiger partial charge is 0.411 e. The molecule has 0 aliphatic carbocycles. The van der Waals surface area contributed by atoms with Gasteiger partial charge in [0.05, 0.1) is 17.6 Å². The first kappa shape index (κ1) is 23.1. The van der Waals surface area contributed by atoms with Gasteiger partial charge in [0, 0.05) is 30.9 Å². The van der Waals surface area contributed by atoms with Crippen LogP contribution in [0.5, 0.6) is 0 Å². The molecule has 3 rings (SSSR count). The third-order valence-electron chi connectivity index (χ3n) is 4.88. The average molecular weight is 439 g/mol.